The van der Waals surface area contributed by atoms with Gasteiger partial charge >= 0.3 is 0 Å². The Balaban J connectivity index is 1.43. The first-order chi connectivity index (χ1) is 17.3. The molecule has 0 fully saturated rings. The highest BCUT2D eigenvalue weighted by Crippen LogP contribution is 2.38. The zero-order valence-corrected chi connectivity index (χ0v) is 20.0. The van der Waals surface area contributed by atoms with E-state index in [2.05, 4.69) is 25.4 Å². The van der Waals surface area contributed by atoms with E-state index in [-0.39, 0.29) is 36.7 Å². The Bertz CT molecular complexity index is 1420. The average Bonchev–Trinajstić information content (AvgIpc) is 3.51. The van der Waals surface area contributed by atoms with Gasteiger partial charge in [-0.25, -0.2) is 18.8 Å². The number of nitrogens with zero attached hydrogens (tertiary/aromatic N) is 4. The molecule has 1 aliphatic heterocycles. The molecule has 3 N–H and O–H groups in total. The summed E-state index contributed by atoms with van der Waals surface area (Å²) in [6.07, 6.45) is 5.10. The van der Waals surface area contributed by atoms with Crippen molar-refractivity contribution < 1.29 is 23.4 Å². The lowest BCUT2D eigenvalue weighted by atomic mass is 9.93. The highest BCUT2D eigenvalue weighted by atomic mass is 19.1. The molecule has 9 nitrogen and oxygen atoms in total. The third-order valence-corrected chi connectivity index (χ3v) is 5.95. The second-order valence-electron chi connectivity index (χ2n) is 9.38. The van der Waals surface area contributed by atoms with Gasteiger partial charge in [0.2, 0.25) is 0 Å². The van der Waals surface area contributed by atoms with Crippen LogP contribution < -0.4 is 10.1 Å². The summed E-state index contributed by atoms with van der Waals surface area (Å²) in [4.78, 5) is 11.6. The lowest BCUT2D eigenvalue weighted by molar-refractivity contribution is 0.0706. The molecule has 5 rings (SSSR count). The smallest absolute Gasteiger partial charge is 0.289 e. The molecule has 4 heterocycles. The highest BCUT2D eigenvalue weighted by Gasteiger charge is 2.29. The predicted molar refractivity (Wildman–Crippen MR) is 131 cm³/mol. The number of amidine groups is 1. The van der Waals surface area contributed by atoms with Gasteiger partial charge in [0.1, 0.15) is 18.0 Å². The van der Waals surface area contributed by atoms with E-state index in [1.165, 1.54) is 6.20 Å². The summed E-state index contributed by atoms with van der Waals surface area (Å²) in [6.45, 7) is 6.35. The minimum absolute atomic E-state index is 0.0795. The largest absolute Gasteiger partial charge is 0.464 e. The Kier molecular flexibility index (Phi) is 6.09. The van der Waals surface area contributed by atoms with E-state index < -0.39 is 22.8 Å². The predicted octanol–water partition coefficient (Wildman–Crippen LogP) is 4.87. The van der Waals surface area contributed by atoms with Gasteiger partial charge in [0, 0.05) is 53.4 Å². The number of aliphatic imine (C=N–C) groups is 1. The van der Waals surface area contributed by atoms with Crippen LogP contribution in [0.3, 0.4) is 0 Å². The van der Waals surface area contributed by atoms with E-state index in [1.54, 1.807) is 12.3 Å². The Morgan fingerprint density at radius 3 is 2.69 bits per heavy atom. The first-order valence-electron chi connectivity index (χ1n) is 11.5. The Morgan fingerprint density at radius 1 is 1.28 bits per heavy atom. The van der Waals surface area contributed by atoms with Gasteiger partial charge in [-0.2, -0.15) is 5.10 Å². The summed E-state index contributed by atoms with van der Waals surface area (Å²) >= 11 is 0. The standard InChI is InChI=1S/C25H26F2N6O3/c1-14(2)33-7-5-19(32-33)16-10-29-23-21(16)20(4-6-28-23)36-22-17(26)8-15(9-18(22)27)31-24-30-11-25(3,12-34)13-35-24/h4-10,14,34H,11-13H2,1-3H3,(H,28,29)(H,30,31)/t25-/m1/s1. The summed E-state index contributed by atoms with van der Waals surface area (Å²) in [7, 11) is 0. The van der Waals surface area contributed by atoms with Crippen molar-refractivity contribution in [3.05, 3.63) is 54.5 Å². The van der Waals surface area contributed by atoms with Gasteiger partial charge in [0.05, 0.1) is 24.2 Å². The summed E-state index contributed by atoms with van der Waals surface area (Å²) in [5, 5.41) is 17.3. The number of hydrogen-bond donors (Lipinski definition) is 3. The lowest BCUT2D eigenvalue weighted by Crippen LogP contribution is -2.38. The quantitative estimate of drug-likeness (QED) is 0.351. The molecule has 0 bridgehead atoms. The van der Waals surface area contributed by atoms with E-state index in [9.17, 15) is 5.11 Å². The van der Waals surface area contributed by atoms with Gasteiger partial charge in [0.15, 0.2) is 17.4 Å². The van der Waals surface area contributed by atoms with Crippen LogP contribution in [0.2, 0.25) is 0 Å². The molecular formula is C25H26F2N6O3. The van der Waals surface area contributed by atoms with Crippen LogP contribution in [0.1, 0.15) is 26.8 Å². The first kappa shape index (κ1) is 23.7. The van der Waals surface area contributed by atoms with Crippen molar-refractivity contribution in [1.82, 2.24) is 19.7 Å². The molecule has 4 aromatic rings. The second kappa shape index (κ2) is 9.23. The van der Waals surface area contributed by atoms with E-state index in [1.807, 2.05) is 37.7 Å². The van der Waals surface area contributed by atoms with E-state index in [0.717, 1.165) is 12.1 Å². The number of aliphatic hydroxyl groups excluding tert-OH is 1. The van der Waals surface area contributed by atoms with E-state index >= 15 is 8.78 Å². The number of rotatable bonds is 6. The van der Waals surface area contributed by atoms with E-state index in [0.29, 0.717) is 28.8 Å². The topological polar surface area (TPSA) is 110 Å². The molecule has 0 unspecified atom stereocenters. The highest BCUT2D eigenvalue weighted by molar-refractivity contribution is 5.97. The maximum Gasteiger partial charge on any atom is 0.289 e. The Hall–Kier alpha value is -3.99. The number of aromatic amines is 1. The number of anilines is 1. The minimum atomic E-state index is -0.903. The molecule has 0 aliphatic carbocycles. The number of pyridine rings is 1. The fraction of sp³-hybridized carbons (Fsp3) is 0.320. The number of nitrogens with one attached hydrogen (secondary N) is 2. The third kappa shape index (κ3) is 4.49. The van der Waals surface area contributed by atoms with Crippen LogP contribution in [0.25, 0.3) is 22.3 Å². The Morgan fingerprint density at radius 2 is 2.06 bits per heavy atom. The number of hydrogen-bond acceptors (Lipinski definition) is 7. The second-order valence-corrected chi connectivity index (χ2v) is 9.38. The van der Waals surface area contributed by atoms with Crippen LogP contribution >= 0.6 is 0 Å². The fourth-order valence-corrected chi connectivity index (χ4v) is 3.81. The molecule has 188 valence electrons. The van der Waals surface area contributed by atoms with Crippen molar-refractivity contribution in [3.63, 3.8) is 0 Å². The molecule has 0 radical (unpaired) electrons. The van der Waals surface area contributed by atoms with Crippen LogP contribution in [0, 0.1) is 17.0 Å². The molecule has 0 amide bonds. The van der Waals surface area contributed by atoms with Crippen LogP contribution in [0.15, 0.2) is 47.8 Å². The SMILES string of the molecule is CC(C)n1ccc(-c2c[nH]c3nccc(Oc4c(F)cc(NC5=NC[C@](C)(CO)CO5)cc4F)c23)n1. The lowest BCUT2D eigenvalue weighted by Gasteiger charge is -2.30. The number of aromatic nitrogens is 4. The molecule has 36 heavy (non-hydrogen) atoms. The summed E-state index contributed by atoms with van der Waals surface area (Å²) in [5.41, 5.74) is 1.51. The zero-order valence-electron chi connectivity index (χ0n) is 20.0. The van der Waals surface area contributed by atoms with Gasteiger partial charge in [-0.3, -0.25) is 4.68 Å². The van der Waals surface area contributed by atoms with Gasteiger partial charge < -0.3 is 24.9 Å². The van der Waals surface area contributed by atoms with Crippen molar-refractivity contribution in [1.29, 1.82) is 0 Å². The third-order valence-electron chi connectivity index (χ3n) is 5.95. The minimum Gasteiger partial charge on any atom is -0.464 e. The van der Waals surface area contributed by atoms with Crippen molar-refractivity contribution in [2.75, 3.05) is 25.1 Å². The number of benzene rings is 1. The fourth-order valence-electron chi connectivity index (χ4n) is 3.81. The molecule has 1 aliphatic rings. The average molecular weight is 497 g/mol. The molecule has 1 atom stereocenters. The molecular weight excluding hydrogens is 470 g/mol. The van der Waals surface area contributed by atoms with Crippen molar-refractivity contribution in [2.24, 2.45) is 10.4 Å². The van der Waals surface area contributed by atoms with Crippen molar-refractivity contribution in [3.8, 4) is 22.8 Å². The monoisotopic (exact) mass is 496 g/mol. The normalized spacial score (nSPS) is 17.8. The molecule has 11 heteroatoms. The van der Waals surface area contributed by atoms with Gasteiger partial charge in [-0.15, -0.1) is 0 Å². The summed E-state index contributed by atoms with van der Waals surface area (Å²) < 4.78 is 43.1. The number of halogens is 2. The molecule has 0 saturated heterocycles. The maximum atomic E-state index is 15.0. The number of fused-ring (bicyclic) bond motifs is 1. The van der Waals surface area contributed by atoms with Crippen molar-refractivity contribution >= 4 is 22.7 Å². The molecule has 3 aromatic heterocycles. The first-order valence-corrected chi connectivity index (χ1v) is 11.5. The number of H-pyrrole nitrogens is 1. The van der Waals surface area contributed by atoms with Crippen LogP contribution in [0.4, 0.5) is 14.5 Å². The molecule has 0 spiro atoms. The van der Waals surface area contributed by atoms with Gasteiger partial charge in [-0.05, 0) is 26.0 Å². The zero-order chi connectivity index (χ0) is 25.4. The summed E-state index contributed by atoms with van der Waals surface area (Å²) in [5.74, 6) is -2.12. The molecule has 0 saturated carbocycles. The van der Waals surface area contributed by atoms with Crippen molar-refractivity contribution in [2.45, 2.75) is 26.8 Å². The van der Waals surface area contributed by atoms with E-state index in [4.69, 9.17) is 9.47 Å². The van der Waals surface area contributed by atoms with Gasteiger partial charge in [-0.1, -0.05) is 6.92 Å². The summed E-state index contributed by atoms with van der Waals surface area (Å²) in [6, 6.07) is 5.92. The van der Waals surface area contributed by atoms with Crippen LogP contribution in [0.5, 0.6) is 11.5 Å². The number of aliphatic hydroxyl groups is 1. The van der Waals surface area contributed by atoms with Crippen LogP contribution in [-0.4, -0.2) is 50.6 Å². The Labute approximate surface area is 205 Å². The maximum absolute atomic E-state index is 15.0. The molecule has 1 aromatic carbocycles. The number of ether oxygens (including phenoxy) is 2. The van der Waals surface area contributed by atoms with Crippen LogP contribution in [-0.2, 0) is 4.74 Å². The van der Waals surface area contributed by atoms with Gasteiger partial charge in [0.25, 0.3) is 6.02 Å².